The van der Waals surface area contributed by atoms with E-state index in [0.29, 0.717) is 6.54 Å². The van der Waals surface area contributed by atoms with Crippen LogP contribution in [0.2, 0.25) is 0 Å². The lowest BCUT2D eigenvalue weighted by Gasteiger charge is -2.09. The summed E-state index contributed by atoms with van der Waals surface area (Å²) in [5.74, 6) is -0.843. The van der Waals surface area contributed by atoms with Gasteiger partial charge in [0, 0.05) is 24.6 Å². The maximum absolute atomic E-state index is 10.7. The molecule has 2 aromatic rings. The van der Waals surface area contributed by atoms with E-state index in [9.17, 15) is 4.79 Å². The van der Waals surface area contributed by atoms with Crippen LogP contribution in [0, 0.1) is 0 Å². The summed E-state index contributed by atoms with van der Waals surface area (Å²) in [4.78, 5) is 14.6. The number of hydrogen-bond acceptors (Lipinski definition) is 3. The third kappa shape index (κ3) is 2.95. The fourth-order valence-corrected chi connectivity index (χ4v) is 1.56. The molecule has 5 nitrogen and oxygen atoms in total. The quantitative estimate of drug-likeness (QED) is 0.836. The molecule has 0 radical (unpaired) electrons. The Bertz CT molecular complexity index is 506. The van der Waals surface area contributed by atoms with Gasteiger partial charge in [0.1, 0.15) is 6.04 Å². The molecule has 0 aliphatic carbocycles. The molecule has 0 aliphatic heterocycles. The second-order valence-corrected chi connectivity index (χ2v) is 4.08. The summed E-state index contributed by atoms with van der Waals surface area (Å²) < 4.78 is 1.91. The highest BCUT2D eigenvalue weighted by Crippen LogP contribution is 2.09. The zero-order valence-corrected chi connectivity index (χ0v) is 10.1. The number of nitrogens with zero attached hydrogens (tertiary/aromatic N) is 2. The first-order chi connectivity index (χ1) is 8.66. The van der Waals surface area contributed by atoms with Gasteiger partial charge >= 0.3 is 5.97 Å². The third-order valence-corrected chi connectivity index (χ3v) is 2.72. The van der Waals surface area contributed by atoms with Gasteiger partial charge in [-0.2, -0.15) is 0 Å². The fourth-order valence-electron chi connectivity index (χ4n) is 1.56. The summed E-state index contributed by atoms with van der Waals surface area (Å²) in [6, 6.07) is 7.35. The molecule has 2 N–H and O–H groups in total. The number of hydrogen-bond donors (Lipinski definition) is 2. The molecule has 1 heterocycles. The maximum atomic E-state index is 10.7. The van der Waals surface area contributed by atoms with Crippen LogP contribution in [0.4, 0.5) is 0 Å². The second-order valence-electron chi connectivity index (χ2n) is 4.08. The van der Waals surface area contributed by atoms with Gasteiger partial charge in [0.25, 0.3) is 0 Å². The number of aromatic nitrogens is 2. The lowest BCUT2D eigenvalue weighted by molar-refractivity contribution is -0.139. The van der Waals surface area contributed by atoms with Crippen molar-refractivity contribution < 1.29 is 9.90 Å². The number of benzene rings is 1. The van der Waals surface area contributed by atoms with Crippen LogP contribution in [0.25, 0.3) is 5.69 Å². The standard InChI is InChI=1S/C13H15N3O2/c1-10(13(17)18)15-8-11-2-4-12(5-3-11)16-7-6-14-9-16/h2-7,9-10,15H,8H2,1H3,(H,17,18)/t10-/m1/s1. The molecule has 0 amide bonds. The van der Waals surface area contributed by atoms with Crippen molar-refractivity contribution in [2.24, 2.45) is 0 Å². The first-order valence-electron chi connectivity index (χ1n) is 5.70. The normalized spacial score (nSPS) is 12.3. The summed E-state index contributed by atoms with van der Waals surface area (Å²) in [6.07, 6.45) is 5.34. The highest BCUT2D eigenvalue weighted by atomic mass is 16.4. The van der Waals surface area contributed by atoms with E-state index in [1.165, 1.54) is 0 Å². The van der Waals surface area contributed by atoms with Gasteiger partial charge in [-0.05, 0) is 24.6 Å². The van der Waals surface area contributed by atoms with Gasteiger partial charge in [-0.1, -0.05) is 12.1 Å². The molecule has 0 spiro atoms. The highest BCUT2D eigenvalue weighted by molar-refractivity contribution is 5.72. The fraction of sp³-hybridized carbons (Fsp3) is 0.231. The SMILES string of the molecule is C[C@@H](NCc1ccc(-n2ccnc2)cc1)C(=O)O. The van der Waals surface area contributed by atoms with Crippen molar-refractivity contribution >= 4 is 5.97 Å². The largest absolute Gasteiger partial charge is 0.480 e. The molecule has 0 aliphatic rings. The average molecular weight is 245 g/mol. The van der Waals surface area contributed by atoms with E-state index >= 15 is 0 Å². The lowest BCUT2D eigenvalue weighted by Crippen LogP contribution is -2.33. The third-order valence-electron chi connectivity index (χ3n) is 2.72. The van der Waals surface area contributed by atoms with Crippen LogP contribution >= 0.6 is 0 Å². The molecule has 1 atom stereocenters. The molecule has 1 aromatic heterocycles. The minimum atomic E-state index is -0.843. The van der Waals surface area contributed by atoms with Crippen LogP contribution in [0.5, 0.6) is 0 Å². The average Bonchev–Trinajstić information content (AvgIpc) is 2.90. The molecule has 18 heavy (non-hydrogen) atoms. The van der Waals surface area contributed by atoms with E-state index in [2.05, 4.69) is 10.3 Å². The van der Waals surface area contributed by atoms with Crippen LogP contribution < -0.4 is 5.32 Å². The number of carboxylic acid groups (broad SMARTS) is 1. The van der Waals surface area contributed by atoms with Crippen molar-refractivity contribution in [3.8, 4) is 5.69 Å². The molecule has 94 valence electrons. The predicted molar refractivity (Wildman–Crippen MR) is 67.5 cm³/mol. The summed E-state index contributed by atoms with van der Waals surface area (Å²) >= 11 is 0. The predicted octanol–water partition coefficient (Wildman–Crippen LogP) is 1.44. The van der Waals surface area contributed by atoms with Crippen LogP contribution in [0.3, 0.4) is 0 Å². The Morgan fingerprint density at radius 2 is 2.17 bits per heavy atom. The van der Waals surface area contributed by atoms with Crippen molar-refractivity contribution in [3.63, 3.8) is 0 Å². The van der Waals surface area contributed by atoms with E-state index in [-0.39, 0.29) is 0 Å². The first-order valence-corrected chi connectivity index (χ1v) is 5.70. The number of carbonyl (C=O) groups is 1. The van der Waals surface area contributed by atoms with Gasteiger partial charge in [-0.3, -0.25) is 4.79 Å². The number of nitrogens with one attached hydrogen (secondary N) is 1. The molecule has 2 rings (SSSR count). The molecular formula is C13H15N3O2. The molecule has 0 saturated carbocycles. The van der Waals surface area contributed by atoms with Crippen molar-refractivity contribution in [1.82, 2.24) is 14.9 Å². The lowest BCUT2D eigenvalue weighted by atomic mass is 10.2. The first kappa shape index (κ1) is 12.3. The Morgan fingerprint density at radius 1 is 1.44 bits per heavy atom. The number of aliphatic carboxylic acids is 1. The van der Waals surface area contributed by atoms with Gasteiger partial charge in [0.05, 0.1) is 6.33 Å². The Hall–Kier alpha value is -2.14. The van der Waals surface area contributed by atoms with Crippen LogP contribution in [0.1, 0.15) is 12.5 Å². The van der Waals surface area contributed by atoms with E-state index in [4.69, 9.17) is 5.11 Å². The molecule has 0 bridgehead atoms. The van der Waals surface area contributed by atoms with E-state index in [0.717, 1.165) is 11.3 Å². The summed E-state index contributed by atoms with van der Waals surface area (Å²) in [7, 11) is 0. The van der Waals surface area contributed by atoms with Crippen molar-refractivity contribution in [1.29, 1.82) is 0 Å². The van der Waals surface area contributed by atoms with Gasteiger partial charge in [-0.15, -0.1) is 0 Å². The van der Waals surface area contributed by atoms with Gasteiger partial charge < -0.3 is 15.0 Å². The topological polar surface area (TPSA) is 67.2 Å². The van der Waals surface area contributed by atoms with E-state index in [1.807, 2.05) is 35.0 Å². The Kier molecular flexibility index (Phi) is 3.74. The molecule has 0 saturated heterocycles. The molecule has 0 unspecified atom stereocenters. The van der Waals surface area contributed by atoms with Crippen molar-refractivity contribution in [3.05, 3.63) is 48.5 Å². The van der Waals surface area contributed by atoms with Crippen molar-refractivity contribution in [2.75, 3.05) is 0 Å². The van der Waals surface area contributed by atoms with Gasteiger partial charge in [-0.25, -0.2) is 4.98 Å². The van der Waals surface area contributed by atoms with Crippen molar-refractivity contribution in [2.45, 2.75) is 19.5 Å². The molecule has 0 fully saturated rings. The Balaban J connectivity index is 1.98. The van der Waals surface area contributed by atoms with Crippen LogP contribution in [0.15, 0.2) is 43.0 Å². The van der Waals surface area contributed by atoms with Gasteiger partial charge in [0.15, 0.2) is 0 Å². The van der Waals surface area contributed by atoms with E-state index < -0.39 is 12.0 Å². The minimum absolute atomic E-state index is 0.539. The van der Waals surface area contributed by atoms with E-state index in [1.54, 1.807) is 19.4 Å². The molecular weight excluding hydrogens is 230 g/mol. The van der Waals surface area contributed by atoms with Crippen LogP contribution in [-0.2, 0) is 11.3 Å². The number of rotatable bonds is 5. The minimum Gasteiger partial charge on any atom is -0.480 e. The summed E-state index contributed by atoms with van der Waals surface area (Å²) in [6.45, 7) is 2.17. The zero-order valence-electron chi connectivity index (χ0n) is 10.1. The van der Waals surface area contributed by atoms with Gasteiger partial charge in [0.2, 0.25) is 0 Å². The second kappa shape index (κ2) is 5.46. The zero-order chi connectivity index (χ0) is 13.0. The molecule has 5 heteroatoms. The summed E-state index contributed by atoms with van der Waals surface area (Å²) in [5, 5.41) is 11.7. The molecule has 1 aromatic carbocycles. The monoisotopic (exact) mass is 245 g/mol. The maximum Gasteiger partial charge on any atom is 0.320 e. The highest BCUT2D eigenvalue weighted by Gasteiger charge is 2.08. The van der Waals surface area contributed by atoms with Crippen LogP contribution in [-0.4, -0.2) is 26.7 Å². The smallest absolute Gasteiger partial charge is 0.320 e. The number of imidazole rings is 1. The Labute approximate surface area is 105 Å². The number of carboxylic acids is 1. The Morgan fingerprint density at radius 3 is 2.72 bits per heavy atom. The summed E-state index contributed by atoms with van der Waals surface area (Å²) in [5.41, 5.74) is 2.08.